The van der Waals surface area contributed by atoms with E-state index < -0.39 is 35.4 Å². The summed E-state index contributed by atoms with van der Waals surface area (Å²) in [5.41, 5.74) is -0.460. The third kappa shape index (κ3) is 6.21. The molecule has 0 unspecified atom stereocenters. The lowest BCUT2D eigenvalue weighted by molar-refractivity contribution is -0.144. The second kappa shape index (κ2) is 10.8. The third-order valence-electron chi connectivity index (χ3n) is 7.12. The van der Waals surface area contributed by atoms with Crippen LogP contribution in [0.1, 0.15) is 74.7 Å². The predicted octanol–water partition coefficient (Wildman–Crippen LogP) is 3.13. The summed E-state index contributed by atoms with van der Waals surface area (Å²) < 4.78 is 0. The Kier molecular flexibility index (Phi) is 9.00. The minimum absolute atomic E-state index is 0.0131. The normalized spacial score (nSPS) is 28.1. The van der Waals surface area contributed by atoms with Gasteiger partial charge in [0.25, 0.3) is 0 Å². The summed E-state index contributed by atoms with van der Waals surface area (Å²) in [5, 5.41) is 16.2. The largest absolute Gasteiger partial charge is 0.394 e. The van der Waals surface area contributed by atoms with E-state index in [4.69, 9.17) is 0 Å². The SMILES string of the molecule is CC[C@@H]1C=C[C@H]2[C@H](C(=O)N([C@@H](CO)CC(C)C)[C@@H]2C(=O)NC(C)(C)CC(C)(C)C)[C@@H]1C(=O)NC. The van der Waals surface area contributed by atoms with Gasteiger partial charge in [-0.15, -0.1) is 0 Å². The molecule has 2 aliphatic rings. The van der Waals surface area contributed by atoms with Gasteiger partial charge in [0.15, 0.2) is 0 Å². The summed E-state index contributed by atoms with van der Waals surface area (Å²) >= 11 is 0. The zero-order valence-electron chi connectivity index (χ0n) is 22.6. The van der Waals surface area contributed by atoms with Crippen LogP contribution in [-0.2, 0) is 14.4 Å². The number of rotatable bonds is 9. The van der Waals surface area contributed by atoms with Crippen LogP contribution in [0.15, 0.2) is 12.2 Å². The number of aliphatic hydroxyl groups is 1. The summed E-state index contributed by atoms with van der Waals surface area (Å²) in [4.78, 5) is 42.3. The van der Waals surface area contributed by atoms with Crippen LogP contribution in [-0.4, -0.2) is 59.0 Å². The minimum atomic E-state index is -0.756. The summed E-state index contributed by atoms with van der Waals surface area (Å²) in [6.07, 6.45) is 6.07. The number of nitrogens with zero attached hydrogens (tertiary/aromatic N) is 1. The van der Waals surface area contributed by atoms with Crippen molar-refractivity contribution in [2.75, 3.05) is 13.7 Å². The fourth-order valence-electron chi connectivity index (χ4n) is 6.35. The molecule has 194 valence electrons. The van der Waals surface area contributed by atoms with Crippen LogP contribution in [0, 0.1) is 35.0 Å². The molecule has 0 radical (unpaired) electrons. The first-order valence-corrected chi connectivity index (χ1v) is 12.8. The number of hydrogen-bond donors (Lipinski definition) is 3. The van der Waals surface area contributed by atoms with E-state index >= 15 is 0 Å². The highest BCUT2D eigenvalue weighted by atomic mass is 16.3. The Labute approximate surface area is 206 Å². The first-order valence-electron chi connectivity index (χ1n) is 12.8. The van der Waals surface area contributed by atoms with E-state index in [1.165, 1.54) is 0 Å². The third-order valence-corrected chi connectivity index (χ3v) is 7.12. The van der Waals surface area contributed by atoms with Gasteiger partial charge in [0.2, 0.25) is 17.7 Å². The molecule has 1 heterocycles. The molecular formula is C27H47N3O4. The lowest BCUT2D eigenvalue weighted by atomic mass is 9.68. The summed E-state index contributed by atoms with van der Waals surface area (Å²) in [6.45, 7) is 16.3. The van der Waals surface area contributed by atoms with Gasteiger partial charge >= 0.3 is 0 Å². The van der Waals surface area contributed by atoms with Crippen molar-refractivity contribution in [2.45, 2.75) is 92.3 Å². The Bertz CT molecular complexity index is 783. The van der Waals surface area contributed by atoms with Crippen molar-refractivity contribution in [1.82, 2.24) is 15.5 Å². The number of fused-ring (bicyclic) bond motifs is 1. The van der Waals surface area contributed by atoms with E-state index in [0.717, 1.165) is 12.8 Å². The van der Waals surface area contributed by atoms with Gasteiger partial charge in [-0.3, -0.25) is 14.4 Å². The summed E-state index contributed by atoms with van der Waals surface area (Å²) in [7, 11) is 1.59. The lowest BCUT2D eigenvalue weighted by Gasteiger charge is -2.38. The Morgan fingerprint density at radius 1 is 1.12 bits per heavy atom. The Hall–Kier alpha value is -1.89. The van der Waals surface area contributed by atoms with Gasteiger partial charge in [-0.05, 0) is 50.4 Å². The van der Waals surface area contributed by atoms with Crippen LogP contribution in [0.2, 0.25) is 0 Å². The Balaban J connectivity index is 2.53. The van der Waals surface area contributed by atoms with Gasteiger partial charge in [0.1, 0.15) is 6.04 Å². The molecule has 34 heavy (non-hydrogen) atoms. The van der Waals surface area contributed by atoms with Crippen LogP contribution in [0.5, 0.6) is 0 Å². The average Bonchev–Trinajstić information content (AvgIpc) is 3.00. The number of allylic oxidation sites excluding steroid dienone is 1. The topological polar surface area (TPSA) is 98.7 Å². The fourth-order valence-corrected chi connectivity index (χ4v) is 6.35. The van der Waals surface area contributed by atoms with E-state index in [1.807, 2.05) is 46.8 Å². The molecule has 3 N–H and O–H groups in total. The highest BCUT2D eigenvalue weighted by Crippen LogP contribution is 2.46. The second-order valence-corrected chi connectivity index (χ2v) is 12.5. The van der Waals surface area contributed by atoms with Gasteiger partial charge in [-0.1, -0.05) is 53.7 Å². The number of carbonyl (C=O) groups is 3. The molecule has 2 rings (SSSR count). The number of aliphatic hydroxyl groups excluding tert-OH is 1. The number of hydrogen-bond acceptors (Lipinski definition) is 4. The van der Waals surface area contributed by atoms with E-state index in [2.05, 4.69) is 31.4 Å². The molecule has 1 aliphatic heterocycles. The molecular weight excluding hydrogens is 430 g/mol. The first kappa shape index (κ1) is 28.3. The number of amides is 3. The number of likely N-dealkylation sites (tertiary alicyclic amines) is 1. The van der Waals surface area contributed by atoms with E-state index in [-0.39, 0.29) is 41.6 Å². The smallest absolute Gasteiger partial charge is 0.243 e. The van der Waals surface area contributed by atoms with Crippen molar-refractivity contribution in [2.24, 2.45) is 35.0 Å². The molecule has 0 spiro atoms. The van der Waals surface area contributed by atoms with Crippen molar-refractivity contribution in [3.63, 3.8) is 0 Å². The van der Waals surface area contributed by atoms with Gasteiger partial charge in [-0.25, -0.2) is 0 Å². The Morgan fingerprint density at radius 3 is 2.21 bits per heavy atom. The van der Waals surface area contributed by atoms with Gasteiger partial charge in [0.05, 0.1) is 24.5 Å². The standard InChI is InChI=1S/C27H47N3O4/c1-10-17-11-12-19-21(20(17)23(32)28-9)25(34)30(18(14-31)13-16(2)3)22(19)24(33)29-27(7,8)15-26(4,5)6/h11-12,16-22,31H,10,13-15H2,1-9H3,(H,28,32)(H,29,33)/t17-,18-,19+,20-,21+,22+/m1/s1. The molecule has 1 fully saturated rings. The maximum absolute atomic E-state index is 13.9. The van der Waals surface area contributed by atoms with Crippen LogP contribution in [0.4, 0.5) is 0 Å². The number of carbonyl (C=O) groups excluding carboxylic acids is 3. The predicted molar refractivity (Wildman–Crippen MR) is 135 cm³/mol. The van der Waals surface area contributed by atoms with Crippen molar-refractivity contribution in [3.05, 3.63) is 12.2 Å². The number of nitrogens with one attached hydrogen (secondary N) is 2. The quantitative estimate of drug-likeness (QED) is 0.444. The van der Waals surface area contributed by atoms with Crippen molar-refractivity contribution < 1.29 is 19.5 Å². The average molecular weight is 478 g/mol. The lowest BCUT2D eigenvalue weighted by Crippen LogP contribution is -2.57. The first-order chi connectivity index (χ1) is 15.7. The van der Waals surface area contributed by atoms with Gasteiger partial charge in [0, 0.05) is 18.5 Å². The van der Waals surface area contributed by atoms with Crippen LogP contribution >= 0.6 is 0 Å². The van der Waals surface area contributed by atoms with E-state index in [0.29, 0.717) is 6.42 Å². The summed E-state index contributed by atoms with van der Waals surface area (Å²) in [6, 6.07) is -1.23. The molecule has 3 amide bonds. The maximum atomic E-state index is 13.9. The molecule has 1 saturated heterocycles. The molecule has 0 aromatic rings. The monoisotopic (exact) mass is 477 g/mol. The molecule has 7 heteroatoms. The fraction of sp³-hybridized carbons (Fsp3) is 0.815. The van der Waals surface area contributed by atoms with Gasteiger partial charge < -0.3 is 20.6 Å². The molecule has 1 aliphatic carbocycles. The molecule has 0 aromatic heterocycles. The van der Waals surface area contributed by atoms with E-state index in [9.17, 15) is 19.5 Å². The highest BCUT2D eigenvalue weighted by molar-refractivity contribution is 5.97. The molecule has 7 nitrogen and oxygen atoms in total. The minimum Gasteiger partial charge on any atom is -0.394 e. The molecule has 0 saturated carbocycles. The zero-order chi connectivity index (χ0) is 26.0. The van der Waals surface area contributed by atoms with Crippen molar-refractivity contribution in [1.29, 1.82) is 0 Å². The Morgan fingerprint density at radius 2 is 1.74 bits per heavy atom. The molecule has 0 aromatic carbocycles. The highest BCUT2D eigenvalue weighted by Gasteiger charge is 2.58. The van der Waals surface area contributed by atoms with E-state index in [1.54, 1.807) is 11.9 Å². The van der Waals surface area contributed by atoms with Crippen molar-refractivity contribution in [3.8, 4) is 0 Å². The summed E-state index contributed by atoms with van der Waals surface area (Å²) in [5.74, 6) is -1.97. The maximum Gasteiger partial charge on any atom is 0.243 e. The molecule has 6 atom stereocenters. The second-order valence-electron chi connectivity index (χ2n) is 12.5. The van der Waals surface area contributed by atoms with Crippen LogP contribution in [0.25, 0.3) is 0 Å². The van der Waals surface area contributed by atoms with Crippen LogP contribution < -0.4 is 10.6 Å². The molecule has 0 bridgehead atoms. The van der Waals surface area contributed by atoms with Crippen LogP contribution in [0.3, 0.4) is 0 Å². The van der Waals surface area contributed by atoms with Gasteiger partial charge in [-0.2, -0.15) is 0 Å². The zero-order valence-corrected chi connectivity index (χ0v) is 22.6. The van der Waals surface area contributed by atoms with Crippen molar-refractivity contribution >= 4 is 17.7 Å².